The lowest BCUT2D eigenvalue weighted by atomic mass is 10.0. The van der Waals surface area contributed by atoms with Crippen molar-refractivity contribution in [2.45, 2.75) is 33.2 Å². The van der Waals surface area contributed by atoms with Crippen LogP contribution >= 0.6 is 0 Å². The van der Waals surface area contributed by atoms with Gasteiger partial charge >= 0.3 is 0 Å². The summed E-state index contributed by atoms with van der Waals surface area (Å²) in [6.45, 7) is 6.37. The molecule has 0 radical (unpaired) electrons. The highest BCUT2D eigenvalue weighted by Gasteiger charge is 2.20. The second-order valence-corrected chi connectivity index (χ2v) is 5.73. The van der Waals surface area contributed by atoms with E-state index in [1.54, 1.807) is 24.5 Å². The van der Waals surface area contributed by atoms with E-state index >= 15 is 0 Å². The van der Waals surface area contributed by atoms with Crippen LogP contribution in [0, 0.1) is 12.7 Å². The first-order valence-electron chi connectivity index (χ1n) is 7.87. The predicted octanol–water partition coefficient (Wildman–Crippen LogP) is 5.03. The quantitative estimate of drug-likeness (QED) is 0.676. The Labute approximate surface area is 135 Å². The standard InChI is InChI=1S/C19H20FN3/c1-4-13(2)23-14(3)22-18(15-5-7-17(20)8-6-15)19(23)16-9-11-21-12-10-16/h5-13H,4H2,1-3H3/t13-/m0/s1. The fourth-order valence-electron chi connectivity index (χ4n) is 2.86. The molecule has 4 heteroatoms. The second kappa shape index (κ2) is 6.32. The molecule has 1 atom stereocenters. The average Bonchev–Trinajstić information content (AvgIpc) is 2.93. The molecule has 0 aliphatic carbocycles. The Morgan fingerprint density at radius 3 is 2.30 bits per heavy atom. The Kier molecular flexibility index (Phi) is 4.24. The molecule has 3 aromatic rings. The van der Waals surface area contributed by atoms with Gasteiger partial charge in [0, 0.05) is 29.6 Å². The summed E-state index contributed by atoms with van der Waals surface area (Å²) in [5.41, 5.74) is 3.93. The van der Waals surface area contributed by atoms with Crippen LogP contribution in [0.5, 0.6) is 0 Å². The van der Waals surface area contributed by atoms with E-state index < -0.39 is 0 Å². The van der Waals surface area contributed by atoms with Crippen molar-refractivity contribution in [2.24, 2.45) is 0 Å². The van der Waals surface area contributed by atoms with Crippen molar-refractivity contribution in [3.8, 4) is 22.5 Å². The molecule has 0 spiro atoms. The van der Waals surface area contributed by atoms with E-state index in [9.17, 15) is 4.39 Å². The molecule has 0 N–H and O–H groups in total. The third-order valence-electron chi connectivity index (χ3n) is 4.19. The fourth-order valence-corrected chi connectivity index (χ4v) is 2.86. The first-order chi connectivity index (χ1) is 11.1. The Morgan fingerprint density at radius 2 is 1.70 bits per heavy atom. The lowest BCUT2D eigenvalue weighted by Crippen LogP contribution is -2.07. The minimum Gasteiger partial charge on any atom is -0.325 e. The predicted molar refractivity (Wildman–Crippen MR) is 90.6 cm³/mol. The normalized spacial score (nSPS) is 12.3. The van der Waals surface area contributed by atoms with Gasteiger partial charge < -0.3 is 4.57 Å². The van der Waals surface area contributed by atoms with Gasteiger partial charge in [0.05, 0.1) is 11.4 Å². The highest BCUT2D eigenvalue weighted by atomic mass is 19.1. The number of rotatable bonds is 4. The van der Waals surface area contributed by atoms with Gasteiger partial charge in [0.25, 0.3) is 0 Å². The summed E-state index contributed by atoms with van der Waals surface area (Å²) in [5.74, 6) is 0.725. The van der Waals surface area contributed by atoms with Crippen LogP contribution in [0.4, 0.5) is 4.39 Å². The third-order valence-corrected chi connectivity index (χ3v) is 4.19. The molecule has 3 rings (SSSR count). The van der Waals surface area contributed by atoms with Crippen LogP contribution in [-0.2, 0) is 0 Å². The molecule has 0 aliphatic rings. The lowest BCUT2D eigenvalue weighted by Gasteiger charge is -2.17. The molecule has 0 unspecified atom stereocenters. The number of aromatic nitrogens is 3. The molecular weight excluding hydrogens is 289 g/mol. The minimum absolute atomic E-state index is 0.239. The molecule has 1 aromatic carbocycles. The smallest absolute Gasteiger partial charge is 0.123 e. The number of benzene rings is 1. The van der Waals surface area contributed by atoms with Crippen LogP contribution in [0.25, 0.3) is 22.5 Å². The van der Waals surface area contributed by atoms with E-state index in [2.05, 4.69) is 23.4 Å². The van der Waals surface area contributed by atoms with Crippen LogP contribution in [-0.4, -0.2) is 14.5 Å². The van der Waals surface area contributed by atoms with E-state index in [4.69, 9.17) is 4.98 Å². The van der Waals surface area contributed by atoms with Crippen LogP contribution in [0.3, 0.4) is 0 Å². The molecule has 0 bridgehead atoms. The molecular formula is C19H20FN3. The summed E-state index contributed by atoms with van der Waals surface area (Å²) in [6, 6.07) is 10.8. The average molecular weight is 309 g/mol. The molecule has 2 aromatic heterocycles. The molecule has 0 saturated carbocycles. The summed E-state index contributed by atoms with van der Waals surface area (Å²) in [5, 5.41) is 0. The largest absolute Gasteiger partial charge is 0.325 e. The number of imidazole rings is 1. The number of halogens is 1. The van der Waals surface area contributed by atoms with Gasteiger partial charge in [-0.3, -0.25) is 4.98 Å². The molecule has 3 nitrogen and oxygen atoms in total. The summed E-state index contributed by atoms with van der Waals surface area (Å²) < 4.78 is 15.5. The maximum atomic E-state index is 13.3. The zero-order valence-electron chi connectivity index (χ0n) is 13.6. The van der Waals surface area contributed by atoms with Gasteiger partial charge in [-0.2, -0.15) is 0 Å². The van der Waals surface area contributed by atoms with Gasteiger partial charge in [0.1, 0.15) is 11.6 Å². The summed E-state index contributed by atoms with van der Waals surface area (Å²) in [4.78, 5) is 8.88. The highest BCUT2D eigenvalue weighted by Crippen LogP contribution is 2.35. The second-order valence-electron chi connectivity index (χ2n) is 5.73. The van der Waals surface area contributed by atoms with Gasteiger partial charge in [-0.1, -0.05) is 6.92 Å². The Morgan fingerprint density at radius 1 is 1.04 bits per heavy atom. The monoisotopic (exact) mass is 309 g/mol. The van der Waals surface area contributed by atoms with Crippen molar-refractivity contribution in [1.29, 1.82) is 0 Å². The molecule has 2 heterocycles. The maximum Gasteiger partial charge on any atom is 0.123 e. The van der Waals surface area contributed by atoms with Crippen molar-refractivity contribution >= 4 is 0 Å². The zero-order valence-corrected chi connectivity index (χ0v) is 13.6. The molecule has 0 amide bonds. The van der Waals surface area contributed by atoms with Gasteiger partial charge in [0.15, 0.2) is 0 Å². The van der Waals surface area contributed by atoms with Crippen LogP contribution in [0.2, 0.25) is 0 Å². The topological polar surface area (TPSA) is 30.7 Å². The first-order valence-corrected chi connectivity index (χ1v) is 7.87. The Hall–Kier alpha value is -2.49. The number of aryl methyl sites for hydroxylation is 1. The molecule has 0 fully saturated rings. The highest BCUT2D eigenvalue weighted by molar-refractivity contribution is 5.79. The first kappa shape index (κ1) is 15.4. The summed E-state index contributed by atoms with van der Waals surface area (Å²) in [7, 11) is 0. The molecule has 118 valence electrons. The van der Waals surface area contributed by atoms with Crippen molar-refractivity contribution in [2.75, 3.05) is 0 Å². The van der Waals surface area contributed by atoms with Gasteiger partial charge in [-0.15, -0.1) is 0 Å². The van der Waals surface area contributed by atoms with Crippen molar-refractivity contribution in [3.63, 3.8) is 0 Å². The summed E-state index contributed by atoms with van der Waals surface area (Å²) in [6.07, 6.45) is 4.58. The van der Waals surface area contributed by atoms with E-state index in [-0.39, 0.29) is 5.82 Å². The molecule has 23 heavy (non-hydrogen) atoms. The van der Waals surface area contributed by atoms with Crippen LogP contribution < -0.4 is 0 Å². The fraction of sp³-hybridized carbons (Fsp3) is 0.263. The van der Waals surface area contributed by atoms with Crippen LogP contribution in [0.1, 0.15) is 32.1 Å². The van der Waals surface area contributed by atoms with E-state index in [1.807, 2.05) is 19.1 Å². The van der Waals surface area contributed by atoms with Gasteiger partial charge in [-0.25, -0.2) is 9.37 Å². The number of nitrogens with zero attached hydrogens (tertiary/aromatic N) is 3. The van der Waals surface area contributed by atoms with Gasteiger partial charge in [0.2, 0.25) is 0 Å². The van der Waals surface area contributed by atoms with Crippen molar-refractivity contribution in [1.82, 2.24) is 14.5 Å². The van der Waals surface area contributed by atoms with Crippen molar-refractivity contribution < 1.29 is 4.39 Å². The number of hydrogen-bond acceptors (Lipinski definition) is 2. The molecule has 0 aliphatic heterocycles. The Bertz CT molecular complexity index is 791. The zero-order chi connectivity index (χ0) is 16.4. The number of hydrogen-bond donors (Lipinski definition) is 0. The van der Waals surface area contributed by atoms with Crippen molar-refractivity contribution in [3.05, 3.63) is 60.4 Å². The lowest BCUT2D eigenvalue weighted by molar-refractivity contribution is 0.523. The minimum atomic E-state index is -0.239. The van der Waals surface area contributed by atoms with Crippen LogP contribution in [0.15, 0.2) is 48.8 Å². The molecule has 0 saturated heterocycles. The van der Waals surface area contributed by atoms with Gasteiger partial charge in [-0.05, 0) is 56.7 Å². The van der Waals surface area contributed by atoms with E-state index in [1.165, 1.54) is 12.1 Å². The number of pyridine rings is 1. The Balaban J connectivity index is 2.26. The third kappa shape index (κ3) is 2.89. The van der Waals surface area contributed by atoms with E-state index in [0.29, 0.717) is 6.04 Å². The maximum absolute atomic E-state index is 13.3. The SMILES string of the molecule is CC[C@H](C)n1c(C)nc(-c2ccc(F)cc2)c1-c1ccncc1. The van der Waals surface area contributed by atoms with E-state index in [0.717, 1.165) is 34.8 Å². The summed E-state index contributed by atoms with van der Waals surface area (Å²) >= 11 is 0.